The van der Waals surface area contributed by atoms with Crippen molar-refractivity contribution in [2.75, 3.05) is 6.54 Å². The van der Waals surface area contributed by atoms with Gasteiger partial charge in [0.1, 0.15) is 6.29 Å². The van der Waals surface area contributed by atoms with E-state index in [0.717, 1.165) is 19.1 Å². The average Bonchev–Trinajstić information content (AvgIpc) is 1.87. The summed E-state index contributed by atoms with van der Waals surface area (Å²) in [6.45, 7) is 1.88. The van der Waals surface area contributed by atoms with E-state index in [1.54, 1.807) is 0 Å². The number of rotatable bonds is 6. The first kappa shape index (κ1) is 10.1. The van der Waals surface area contributed by atoms with Crippen LogP contribution in [0.4, 0.5) is 0 Å². The highest BCUT2D eigenvalue weighted by atomic mass is 16.6. The topological polar surface area (TPSA) is 60.2 Å². The number of nitrogens with zero attached hydrogens (tertiary/aromatic N) is 1. The van der Waals surface area contributed by atoms with Crippen molar-refractivity contribution < 1.29 is 9.72 Å². The third kappa shape index (κ3) is 5.51. The van der Waals surface area contributed by atoms with Gasteiger partial charge >= 0.3 is 0 Å². The highest BCUT2D eigenvalue weighted by Crippen LogP contribution is 2.09. The SMILES string of the molecule is CCCC(CC=O)C[N+](=O)[O-]. The Morgan fingerprint density at radius 3 is 2.64 bits per heavy atom. The summed E-state index contributed by atoms with van der Waals surface area (Å²) in [5, 5.41) is 10.0. The van der Waals surface area contributed by atoms with Crippen LogP contribution in [-0.2, 0) is 4.79 Å². The van der Waals surface area contributed by atoms with Crippen molar-refractivity contribution in [2.24, 2.45) is 5.92 Å². The van der Waals surface area contributed by atoms with E-state index in [2.05, 4.69) is 0 Å². The zero-order valence-electron chi connectivity index (χ0n) is 6.66. The van der Waals surface area contributed by atoms with Crippen LogP contribution < -0.4 is 0 Å². The number of carbonyl (C=O) groups excluding carboxylic acids is 1. The molecule has 64 valence electrons. The highest BCUT2D eigenvalue weighted by molar-refractivity contribution is 5.49. The van der Waals surface area contributed by atoms with E-state index >= 15 is 0 Å². The van der Waals surface area contributed by atoms with Gasteiger partial charge in [0.15, 0.2) is 0 Å². The van der Waals surface area contributed by atoms with Crippen LogP contribution >= 0.6 is 0 Å². The summed E-state index contributed by atoms with van der Waals surface area (Å²) in [6.07, 6.45) is 2.73. The number of nitro groups is 1. The molecule has 0 bridgehead atoms. The van der Waals surface area contributed by atoms with Crippen molar-refractivity contribution in [3.05, 3.63) is 10.1 Å². The third-order valence-electron chi connectivity index (χ3n) is 1.53. The van der Waals surface area contributed by atoms with Crippen LogP contribution in [0.5, 0.6) is 0 Å². The van der Waals surface area contributed by atoms with Gasteiger partial charge in [-0.05, 0) is 6.42 Å². The van der Waals surface area contributed by atoms with E-state index in [4.69, 9.17) is 0 Å². The molecule has 0 rings (SSSR count). The van der Waals surface area contributed by atoms with E-state index in [1.807, 2.05) is 6.92 Å². The summed E-state index contributed by atoms with van der Waals surface area (Å²) < 4.78 is 0. The van der Waals surface area contributed by atoms with Crippen molar-refractivity contribution in [3.8, 4) is 0 Å². The minimum absolute atomic E-state index is 0.0625. The second-order valence-electron chi connectivity index (χ2n) is 2.57. The Hall–Kier alpha value is -0.930. The standard InChI is InChI=1S/C7H13NO3/c1-2-3-7(4-5-9)6-8(10)11/h5,7H,2-4,6H2,1H3. The van der Waals surface area contributed by atoms with Crippen LogP contribution in [0.2, 0.25) is 0 Å². The Kier molecular flexibility index (Phi) is 5.33. The number of carbonyl (C=O) groups is 1. The largest absolute Gasteiger partial charge is 0.303 e. The van der Waals surface area contributed by atoms with E-state index in [1.165, 1.54) is 0 Å². The van der Waals surface area contributed by atoms with E-state index < -0.39 is 0 Å². The van der Waals surface area contributed by atoms with E-state index in [-0.39, 0.29) is 17.4 Å². The first-order valence-corrected chi connectivity index (χ1v) is 3.76. The zero-order valence-corrected chi connectivity index (χ0v) is 6.66. The van der Waals surface area contributed by atoms with Gasteiger partial charge in [0, 0.05) is 17.3 Å². The summed E-state index contributed by atoms with van der Waals surface area (Å²) in [5.74, 6) is -0.0625. The van der Waals surface area contributed by atoms with Crippen molar-refractivity contribution in [1.29, 1.82) is 0 Å². The molecule has 0 amide bonds. The van der Waals surface area contributed by atoms with Gasteiger partial charge in [-0.1, -0.05) is 13.3 Å². The Labute approximate surface area is 65.7 Å². The maximum absolute atomic E-state index is 10.0. The van der Waals surface area contributed by atoms with Gasteiger partial charge in [-0.25, -0.2) is 0 Å². The molecule has 0 aliphatic carbocycles. The van der Waals surface area contributed by atoms with Gasteiger partial charge in [-0.2, -0.15) is 0 Å². The molecule has 0 aliphatic rings. The van der Waals surface area contributed by atoms with Crippen LogP contribution in [0, 0.1) is 16.0 Å². The Balaban J connectivity index is 3.67. The molecule has 0 heterocycles. The van der Waals surface area contributed by atoms with Crippen molar-refractivity contribution in [2.45, 2.75) is 26.2 Å². The molecule has 11 heavy (non-hydrogen) atoms. The first-order valence-electron chi connectivity index (χ1n) is 3.76. The molecule has 0 N–H and O–H groups in total. The fourth-order valence-corrected chi connectivity index (χ4v) is 1.04. The van der Waals surface area contributed by atoms with E-state index in [0.29, 0.717) is 6.42 Å². The number of hydrogen-bond acceptors (Lipinski definition) is 3. The van der Waals surface area contributed by atoms with Gasteiger partial charge in [-0.3, -0.25) is 10.1 Å². The minimum atomic E-state index is -0.357. The lowest BCUT2D eigenvalue weighted by atomic mass is 10.0. The summed E-state index contributed by atoms with van der Waals surface area (Å²) in [5.41, 5.74) is 0. The maximum Gasteiger partial charge on any atom is 0.207 e. The lowest BCUT2D eigenvalue weighted by Gasteiger charge is -2.05. The maximum atomic E-state index is 10.0. The third-order valence-corrected chi connectivity index (χ3v) is 1.53. The van der Waals surface area contributed by atoms with Crippen LogP contribution in [-0.4, -0.2) is 17.8 Å². The van der Waals surface area contributed by atoms with Crippen molar-refractivity contribution >= 4 is 6.29 Å². The lowest BCUT2D eigenvalue weighted by molar-refractivity contribution is -0.488. The van der Waals surface area contributed by atoms with Crippen LogP contribution in [0.3, 0.4) is 0 Å². The second-order valence-corrected chi connectivity index (χ2v) is 2.57. The minimum Gasteiger partial charge on any atom is -0.303 e. The van der Waals surface area contributed by atoms with Gasteiger partial charge < -0.3 is 4.79 Å². The summed E-state index contributed by atoms with van der Waals surface area (Å²) in [4.78, 5) is 19.7. The van der Waals surface area contributed by atoms with Crippen LogP contribution in [0.15, 0.2) is 0 Å². The molecule has 0 fully saturated rings. The molecule has 0 aliphatic heterocycles. The molecular weight excluding hydrogens is 146 g/mol. The summed E-state index contributed by atoms with van der Waals surface area (Å²) in [7, 11) is 0. The van der Waals surface area contributed by atoms with Gasteiger partial charge in [-0.15, -0.1) is 0 Å². The van der Waals surface area contributed by atoms with E-state index in [9.17, 15) is 14.9 Å². The van der Waals surface area contributed by atoms with Gasteiger partial charge in [0.25, 0.3) is 0 Å². The molecule has 0 saturated heterocycles. The summed E-state index contributed by atoms with van der Waals surface area (Å²) >= 11 is 0. The molecule has 0 aromatic heterocycles. The molecule has 4 nitrogen and oxygen atoms in total. The van der Waals surface area contributed by atoms with Crippen LogP contribution in [0.1, 0.15) is 26.2 Å². The monoisotopic (exact) mass is 159 g/mol. The second kappa shape index (κ2) is 5.82. The average molecular weight is 159 g/mol. The molecule has 1 unspecified atom stereocenters. The number of aldehydes is 1. The lowest BCUT2D eigenvalue weighted by Crippen LogP contribution is -2.14. The number of hydrogen-bond donors (Lipinski definition) is 0. The predicted molar refractivity (Wildman–Crippen MR) is 40.9 cm³/mol. The van der Waals surface area contributed by atoms with Gasteiger partial charge in [0.05, 0.1) is 0 Å². The van der Waals surface area contributed by atoms with Crippen LogP contribution in [0.25, 0.3) is 0 Å². The molecule has 1 atom stereocenters. The van der Waals surface area contributed by atoms with Crippen molar-refractivity contribution in [3.63, 3.8) is 0 Å². The molecule has 4 heteroatoms. The molecule has 0 aromatic carbocycles. The van der Waals surface area contributed by atoms with Crippen molar-refractivity contribution in [1.82, 2.24) is 0 Å². The van der Waals surface area contributed by atoms with Gasteiger partial charge in [0.2, 0.25) is 6.54 Å². The fraction of sp³-hybridized carbons (Fsp3) is 0.857. The first-order chi connectivity index (χ1) is 5.20. The normalized spacial score (nSPS) is 12.5. The molecule has 0 spiro atoms. The Morgan fingerprint density at radius 2 is 2.27 bits per heavy atom. The quantitative estimate of drug-likeness (QED) is 0.333. The smallest absolute Gasteiger partial charge is 0.207 e. The summed E-state index contributed by atoms with van der Waals surface area (Å²) in [6, 6.07) is 0. The molecule has 0 aromatic rings. The molecule has 0 saturated carbocycles. The Bertz CT molecular complexity index is 136. The molecule has 0 radical (unpaired) electrons. The molecular formula is C7H13NO3. The fourth-order valence-electron chi connectivity index (χ4n) is 1.04. The zero-order chi connectivity index (χ0) is 8.69. The predicted octanol–water partition coefficient (Wildman–Crippen LogP) is 1.27. The highest BCUT2D eigenvalue weighted by Gasteiger charge is 2.12. The Morgan fingerprint density at radius 1 is 1.64 bits per heavy atom.